The monoisotopic (exact) mass is 549 g/mol. The number of halogens is 6. The zero-order valence-electron chi connectivity index (χ0n) is 16.5. The Bertz CT molecular complexity index is 1140. The number of nitrogens with zero attached hydrogens (tertiary/aromatic N) is 4. The molecule has 1 amide bonds. The molecule has 3 aromatic rings. The van der Waals surface area contributed by atoms with Crippen molar-refractivity contribution < 1.29 is 18.0 Å². The number of nitrogens with one attached hydrogen (secondary N) is 1. The smallest absolute Gasteiger partial charge is 0.309 e. The van der Waals surface area contributed by atoms with Gasteiger partial charge in [0.2, 0.25) is 5.91 Å². The summed E-state index contributed by atoms with van der Waals surface area (Å²) in [5.74, 6) is -0.0328. The van der Waals surface area contributed by atoms with Crippen molar-refractivity contribution in [3.05, 3.63) is 61.9 Å². The second-order valence-corrected chi connectivity index (χ2v) is 9.05. The van der Waals surface area contributed by atoms with E-state index in [0.29, 0.717) is 33.7 Å². The molecule has 170 valence electrons. The van der Waals surface area contributed by atoms with Crippen LogP contribution in [-0.4, -0.2) is 25.5 Å². The summed E-state index contributed by atoms with van der Waals surface area (Å²) in [5, 5.41) is 11.7. The molecule has 0 spiro atoms. The second-order valence-electron chi connectivity index (χ2n) is 7.44. The van der Waals surface area contributed by atoms with E-state index in [9.17, 15) is 18.0 Å². The lowest BCUT2D eigenvalue weighted by atomic mass is 10.2. The van der Waals surface area contributed by atoms with Crippen molar-refractivity contribution in [3.8, 4) is 0 Å². The van der Waals surface area contributed by atoms with Gasteiger partial charge in [-0.15, -0.1) is 0 Å². The number of aromatic nitrogens is 4. The average molecular weight is 551 g/mol. The number of rotatable bonds is 7. The molecular formula is C20H17BrCl2F3N5O. The van der Waals surface area contributed by atoms with Crippen LogP contribution in [0.3, 0.4) is 0 Å². The highest BCUT2D eigenvalue weighted by Crippen LogP contribution is 2.47. The van der Waals surface area contributed by atoms with E-state index >= 15 is 0 Å². The first-order valence-corrected chi connectivity index (χ1v) is 11.3. The molecule has 1 aliphatic rings. The van der Waals surface area contributed by atoms with Crippen LogP contribution >= 0.6 is 39.1 Å². The molecule has 0 atom stereocenters. The Morgan fingerprint density at radius 3 is 2.50 bits per heavy atom. The van der Waals surface area contributed by atoms with E-state index in [1.54, 1.807) is 35.1 Å². The van der Waals surface area contributed by atoms with Gasteiger partial charge in [0.05, 0.1) is 23.3 Å². The third-order valence-corrected chi connectivity index (χ3v) is 6.49. The molecule has 0 unspecified atom stereocenters. The van der Waals surface area contributed by atoms with E-state index in [0.717, 1.165) is 12.8 Å². The Morgan fingerprint density at radius 2 is 1.88 bits per heavy atom. The predicted molar refractivity (Wildman–Crippen MR) is 118 cm³/mol. The summed E-state index contributed by atoms with van der Waals surface area (Å²) in [7, 11) is 0. The third-order valence-electron chi connectivity index (χ3n) is 5.00. The highest BCUT2D eigenvalue weighted by atomic mass is 79.9. The molecule has 1 saturated carbocycles. The molecular weight excluding hydrogens is 534 g/mol. The molecule has 2 aromatic heterocycles. The molecule has 6 nitrogen and oxygen atoms in total. The zero-order valence-corrected chi connectivity index (χ0v) is 19.6. The number of hydrogen-bond acceptors (Lipinski definition) is 3. The molecule has 0 saturated heterocycles. The first-order chi connectivity index (χ1) is 15.1. The van der Waals surface area contributed by atoms with Gasteiger partial charge >= 0.3 is 6.18 Å². The number of alkyl halides is 3. The quantitative estimate of drug-likeness (QED) is 0.385. The number of benzene rings is 1. The molecule has 1 fully saturated rings. The Labute approximate surface area is 199 Å². The van der Waals surface area contributed by atoms with Crippen molar-refractivity contribution in [1.29, 1.82) is 0 Å². The lowest BCUT2D eigenvalue weighted by molar-refractivity contribution is -0.142. The summed E-state index contributed by atoms with van der Waals surface area (Å²) in [6, 6.07) is 6.81. The number of amides is 1. The molecule has 0 bridgehead atoms. The van der Waals surface area contributed by atoms with Crippen molar-refractivity contribution in [2.24, 2.45) is 0 Å². The van der Waals surface area contributed by atoms with Gasteiger partial charge in [-0.2, -0.15) is 23.4 Å². The summed E-state index contributed by atoms with van der Waals surface area (Å²) in [5.41, 5.74) is 0.233. The molecule has 4 rings (SSSR count). The minimum atomic E-state index is -4.56. The van der Waals surface area contributed by atoms with Crippen LogP contribution in [0.25, 0.3) is 0 Å². The fourth-order valence-electron chi connectivity index (χ4n) is 3.33. The van der Waals surface area contributed by atoms with Crippen LogP contribution in [0.2, 0.25) is 10.0 Å². The van der Waals surface area contributed by atoms with E-state index in [1.165, 1.54) is 4.68 Å². The minimum absolute atomic E-state index is 0.0300. The van der Waals surface area contributed by atoms with E-state index in [4.69, 9.17) is 23.2 Å². The Morgan fingerprint density at radius 1 is 1.19 bits per heavy atom. The summed E-state index contributed by atoms with van der Waals surface area (Å²) < 4.78 is 42.4. The summed E-state index contributed by atoms with van der Waals surface area (Å²) >= 11 is 15.4. The number of anilines is 1. The van der Waals surface area contributed by atoms with Gasteiger partial charge < -0.3 is 5.32 Å². The number of aryl methyl sites for hydroxylation is 1. The largest absolute Gasteiger partial charge is 0.436 e. The lowest BCUT2D eigenvalue weighted by Gasteiger charge is -2.08. The van der Waals surface area contributed by atoms with Crippen molar-refractivity contribution in [2.45, 2.75) is 44.4 Å². The molecule has 12 heteroatoms. The van der Waals surface area contributed by atoms with E-state index in [1.807, 2.05) is 0 Å². The van der Waals surface area contributed by atoms with Crippen LogP contribution in [0, 0.1) is 0 Å². The molecule has 0 radical (unpaired) electrons. The van der Waals surface area contributed by atoms with Crippen LogP contribution in [-0.2, 0) is 24.1 Å². The third kappa shape index (κ3) is 5.13. The predicted octanol–water partition coefficient (Wildman–Crippen LogP) is 6.12. The maximum atomic E-state index is 13.2. The standard InChI is InChI=1S/C20H17BrCl2F3N5O/c21-17-18(11-4-5-11)31(29-19(17)20(24,25)26)9-7-16(32)27-15-6-8-30(28-15)10-12-13(22)2-1-3-14(12)23/h1-3,6,8,11H,4-5,7,9-10H2,(H,27,28,32). The van der Waals surface area contributed by atoms with E-state index in [-0.39, 0.29) is 29.3 Å². The maximum absolute atomic E-state index is 13.2. The SMILES string of the molecule is O=C(CCn1nc(C(F)(F)F)c(Br)c1C1CC1)Nc1ccn(Cc2c(Cl)cccc2Cl)n1. The minimum Gasteiger partial charge on any atom is -0.309 e. The van der Waals surface area contributed by atoms with Crippen LogP contribution in [0.1, 0.15) is 42.1 Å². The number of carbonyl (C=O) groups excluding carboxylic acids is 1. The lowest BCUT2D eigenvalue weighted by Crippen LogP contribution is -2.17. The highest BCUT2D eigenvalue weighted by molar-refractivity contribution is 9.10. The first kappa shape index (κ1) is 23.1. The summed E-state index contributed by atoms with van der Waals surface area (Å²) in [4.78, 5) is 12.4. The normalized spacial score (nSPS) is 14.1. The van der Waals surface area contributed by atoms with Gasteiger partial charge in [-0.1, -0.05) is 29.3 Å². The van der Waals surface area contributed by atoms with Gasteiger partial charge in [0.1, 0.15) is 0 Å². The van der Waals surface area contributed by atoms with Crippen molar-refractivity contribution >= 4 is 50.9 Å². The zero-order chi connectivity index (χ0) is 23.0. The highest BCUT2D eigenvalue weighted by Gasteiger charge is 2.41. The van der Waals surface area contributed by atoms with Gasteiger partial charge in [0.15, 0.2) is 11.5 Å². The second kappa shape index (κ2) is 9.07. The van der Waals surface area contributed by atoms with Gasteiger partial charge in [-0.3, -0.25) is 14.2 Å². The van der Waals surface area contributed by atoms with Gasteiger partial charge in [-0.25, -0.2) is 0 Å². The van der Waals surface area contributed by atoms with Gasteiger partial charge in [0, 0.05) is 40.2 Å². The molecule has 2 heterocycles. The summed E-state index contributed by atoms with van der Waals surface area (Å²) in [6.45, 7) is 0.350. The van der Waals surface area contributed by atoms with Crippen LogP contribution in [0.5, 0.6) is 0 Å². The van der Waals surface area contributed by atoms with E-state index < -0.39 is 11.9 Å². The van der Waals surface area contributed by atoms with Crippen LogP contribution in [0.4, 0.5) is 19.0 Å². The Hall–Kier alpha value is -2.04. The van der Waals surface area contributed by atoms with Crippen molar-refractivity contribution in [1.82, 2.24) is 19.6 Å². The molecule has 0 aliphatic heterocycles. The number of hydrogen-bond donors (Lipinski definition) is 1. The Kier molecular flexibility index (Phi) is 6.56. The molecule has 1 aliphatic carbocycles. The van der Waals surface area contributed by atoms with Crippen molar-refractivity contribution in [3.63, 3.8) is 0 Å². The fourth-order valence-corrected chi connectivity index (χ4v) is 4.68. The molecule has 1 N–H and O–H groups in total. The van der Waals surface area contributed by atoms with E-state index in [2.05, 4.69) is 31.4 Å². The fraction of sp³-hybridized carbons (Fsp3) is 0.350. The van der Waals surface area contributed by atoms with Crippen molar-refractivity contribution in [2.75, 3.05) is 5.32 Å². The maximum Gasteiger partial charge on any atom is 0.436 e. The summed E-state index contributed by atoms with van der Waals surface area (Å²) in [6.07, 6.45) is -1.33. The van der Waals surface area contributed by atoms with Gasteiger partial charge in [-0.05, 0) is 40.9 Å². The van der Waals surface area contributed by atoms with Crippen LogP contribution < -0.4 is 5.32 Å². The molecule has 32 heavy (non-hydrogen) atoms. The first-order valence-electron chi connectivity index (χ1n) is 9.73. The van der Waals surface area contributed by atoms with Crippen LogP contribution in [0.15, 0.2) is 34.9 Å². The Balaban J connectivity index is 1.39. The van der Waals surface area contributed by atoms with Gasteiger partial charge in [0.25, 0.3) is 0 Å². The number of carbonyl (C=O) groups is 1. The molecule has 1 aromatic carbocycles. The average Bonchev–Trinajstić information content (AvgIpc) is 3.35. The topological polar surface area (TPSA) is 64.7 Å².